The van der Waals surface area contributed by atoms with Gasteiger partial charge in [0.05, 0.1) is 6.54 Å². The molecule has 4 rings (SSSR count). The largest absolute Gasteiger partial charge is 0.271 e. The van der Waals surface area contributed by atoms with Gasteiger partial charge in [-0.2, -0.15) is 9.90 Å². The van der Waals surface area contributed by atoms with E-state index in [1.54, 1.807) is 16.9 Å². The number of hydrazone groups is 1. The number of nitrogens with zero attached hydrogens (tertiary/aromatic N) is 5. The molecule has 1 amide bonds. The van der Waals surface area contributed by atoms with Crippen LogP contribution in [-0.2, 0) is 6.54 Å². The second kappa shape index (κ2) is 9.42. The fraction of sp³-hybridized carbons (Fsp3) is 0.400. The number of amides is 1. The van der Waals surface area contributed by atoms with E-state index in [0.29, 0.717) is 29.3 Å². The van der Waals surface area contributed by atoms with Crippen molar-refractivity contribution in [1.82, 2.24) is 25.6 Å². The SMILES string of the molecule is CC(C)(C)C1CCC(=NNC(=O)c2ccc(Cn3nnc(-c4ccccc4)n3)cc2)CC1. The highest BCUT2D eigenvalue weighted by atomic mass is 16.2. The van der Waals surface area contributed by atoms with Crippen LogP contribution in [0.4, 0.5) is 0 Å². The van der Waals surface area contributed by atoms with Crippen LogP contribution in [-0.4, -0.2) is 31.8 Å². The Kier molecular flexibility index (Phi) is 6.44. The van der Waals surface area contributed by atoms with Gasteiger partial charge in [-0.05, 0) is 59.9 Å². The van der Waals surface area contributed by atoms with Gasteiger partial charge in [0.15, 0.2) is 0 Å². The van der Waals surface area contributed by atoms with Gasteiger partial charge in [0, 0.05) is 16.8 Å². The third kappa shape index (κ3) is 5.46. The Morgan fingerprint density at radius 2 is 1.75 bits per heavy atom. The first-order valence-electron chi connectivity index (χ1n) is 11.2. The molecule has 1 aliphatic rings. The van der Waals surface area contributed by atoms with Gasteiger partial charge in [0.2, 0.25) is 5.82 Å². The zero-order valence-electron chi connectivity index (χ0n) is 19.0. The number of nitrogens with one attached hydrogen (secondary N) is 1. The highest BCUT2D eigenvalue weighted by Crippen LogP contribution is 2.36. The first kappa shape index (κ1) is 21.9. The number of hydrogen-bond donors (Lipinski definition) is 1. The second-order valence-electron chi connectivity index (χ2n) is 9.47. The van der Waals surface area contributed by atoms with E-state index in [1.165, 1.54) is 0 Å². The lowest BCUT2D eigenvalue weighted by atomic mass is 9.72. The fourth-order valence-corrected chi connectivity index (χ4v) is 4.06. The summed E-state index contributed by atoms with van der Waals surface area (Å²) in [6.07, 6.45) is 4.18. The van der Waals surface area contributed by atoms with Crippen LogP contribution in [0.2, 0.25) is 0 Å². The minimum atomic E-state index is -0.188. The predicted octanol–water partition coefficient (Wildman–Crippen LogP) is 4.71. The van der Waals surface area contributed by atoms with Crippen LogP contribution in [0.3, 0.4) is 0 Å². The summed E-state index contributed by atoms with van der Waals surface area (Å²) in [6, 6.07) is 17.2. The molecule has 0 spiro atoms. The quantitative estimate of drug-likeness (QED) is 0.594. The van der Waals surface area contributed by atoms with Gasteiger partial charge >= 0.3 is 0 Å². The molecule has 1 N–H and O–H groups in total. The molecule has 1 aliphatic carbocycles. The molecule has 0 unspecified atom stereocenters. The highest BCUT2D eigenvalue weighted by Gasteiger charge is 2.28. The lowest BCUT2D eigenvalue weighted by molar-refractivity contribution is 0.0954. The third-order valence-corrected chi connectivity index (χ3v) is 6.13. The van der Waals surface area contributed by atoms with E-state index in [-0.39, 0.29) is 5.91 Å². The molecule has 1 heterocycles. The Labute approximate surface area is 188 Å². The number of tetrazole rings is 1. The Hall–Kier alpha value is -3.35. The number of hydrogen-bond acceptors (Lipinski definition) is 5. The number of benzene rings is 2. The Bertz CT molecular complexity index is 1070. The van der Waals surface area contributed by atoms with Gasteiger partial charge < -0.3 is 0 Å². The monoisotopic (exact) mass is 430 g/mol. The van der Waals surface area contributed by atoms with Crippen molar-refractivity contribution in [3.8, 4) is 11.4 Å². The van der Waals surface area contributed by atoms with Gasteiger partial charge in [-0.3, -0.25) is 4.79 Å². The third-order valence-electron chi connectivity index (χ3n) is 6.13. The molecular formula is C25H30N6O. The first-order valence-corrected chi connectivity index (χ1v) is 11.2. The molecule has 2 aromatic carbocycles. The molecule has 0 radical (unpaired) electrons. The number of carbonyl (C=O) groups is 1. The minimum Gasteiger partial charge on any atom is -0.267 e. The van der Waals surface area contributed by atoms with Crippen molar-refractivity contribution < 1.29 is 4.79 Å². The maximum Gasteiger partial charge on any atom is 0.271 e. The van der Waals surface area contributed by atoms with Crippen LogP contribution in [0.1, 0.15) is 62.4 Å². The molecule has 3 aromatic rings. The van der Waals surface area contributed by atoms with E-state index in [9.17, 15) is 4.79 Å². The maximum atomic E-state index is 12.5. The van der Waals surface area contributed by atoms with Gasteiger partial charge in [-0.25, -0.2) is 5.43 Å². The van der Waals surface area contributed by atoms with E-state index >= 15 is 0 Å². The molecule has 32 heavy (non-hydrogen) atoms. The van der Waals surface area contributed by atoms with Crippen LogP contribution in [0.15, 0.2) is 59.7 Å². The Morgan fingerprint density at radius 3 is 2.41 bits per heavy atom. The summed E-state index contributed by atoms with van der Waals surface area (Å²) >= 11 is 0. The molecule has 0 aliphatic heterocycles. The average Bonchev–Trinajstić information content (AvgIpc) is 3.27. The van der Waals surface area contributed by atoms with Crippen LogP contribution in [0, 0.1) is 11.3 Å². The summed E-state index contributed by atoms with van der Waals surface area (Å²) < 4.78 is 0. The van der Waals surface area contributed by atoms with Crippen molar-refractivity contribution in [3.05, 3.63) is 65.7 Å². The van der Waals surface area contributed by atoms with E-state index < -0.39 is 0 Å². The predicted molar refractivity (Wildman–Crippen MR) is 125 cm³/mol. The molecule has 0 saturated heterocycles. The Morgan fingerprint density at radius 1 is 1.06 bits per heavy atom. The molecular weight excluding hydrogens is 400 g/mol. The molecule has 1 saturated carbocycles. The zero-order valence-corrected chi connectivity index (χ0v) is 19.0. The Balaban J connectivity index is 1.31. The summed E-state index contributed by atoms with van der Waals surface area (Å²) in [6.45, 7) is 7.38. The number of carbonyl (C=O) groups excluding carboxylic acids is 1. The van der Waals surface area contributed by atoms with E-state index in [4.69, 9.17) is 0 Å². The van der Waals surface area contributed by atoms with Crippen LogP contribution in [0.25, 0.3) is 11.4 Å². The van der Waals surface area contributed by atoms with E-state index in [2.05, 4.69) is 46.7 Å². The lowest BCUT2D eigenvalue weighted by Crippen LogP contribution is -2.27. The average molecular weight is 431 g/mol. The van der Waals surface area contributed by atoms with Crippen molar-refractivity contribution in [2.45, 2.75) is 53.0 Å². The topological polar surface area (TPSA) is 85.1 Å². The number of aromatic nitrogens is 4. The molecule has 0 bridgehead atoms. The lowest BCUT2D eigenvalue weighted by Gasteiger charge is -2.34. The van der Waals surface area contributed by atoms with Crippen LogP contribution >= 0.6 is 0 Å². The zero-order chi connectivity index (χ0) is 22.6. The molecule has 166 valence electrons. The van der Waals surface area contributed by atoms with Gasteiger partial charge in [0.1, 0.15) is 0 Å². The van der Waals surface area contributed by atoms with Crippen molar-refractivity contribution >= 4 is 11.6 Å². The fourth-order valence-electron chi connectivity index (χ4n) is 4.06. The van der Waals surface area contributed by atoms with Gasteiger partial charge in [0.25, 0.3) is 5.91 Å². The summed E-state index contributed by atoms with van der Waals surface area (Å²) in [5.74, 6) is 1.12. The molecule has 1 fully saturated rings. The van der Waals surface area contributed by atoms with Crippen molar-refractivity contribution in [3.63, 3.8) is 0 Å². The molecule has 1 aromatic heterocycles. The molecule has 7 heteroatoms. The minimum absolute atomic E-state index is 0.188. The van der Waals surface area contributed by atoms with Gasteiger partial charge in [-0.15, -0.1) is 10.2 Å². The maximum absolute atomic E-state index is 12.5. The number of rotatable bonds is 5. The second-order valence-corrected chi connectivity index (χ2v) is 9.47. The molecule has 0 atom stereocenters. The summed E-state index contributed by atoms with van der Waals surface area (Å²) in [7, 11) is 0. The molecule has 7 nitrogen and oxygen atoms in total. The first-order chi connectivity index (χ1) is 15.4. The van der Waals surface area contributed by atoms with Crippen molar-refractivity contribution in [1.29, 1.82) is 0 Å². The standard InChI is InChI=1S/C25H30N6O/c1-25(2,3)21-13-15-22(16-14-21)26-28-24(32)20-11-9-18(10-12-20)17-31-29-23(27-30-31)19-7-5-4-6-8-19/h4-12,21H,13-17H2,1-3H3,(H,28,32). The van der Waals surface area contributed by atoms with Crippen molar-refractivity contribution in [2.75, 3.05) is 0 Å². The highest BCUT2D eigenvalue weighted by molar-refractivity contribution is 5.95. The summed E-state index contributed by atoms with van der Waals surface area (Å²) in [4.78, 5) is 14.0. The van der Waals surface area contributed by atoms with E-state index in [1.807, 2.05) is 42.5 Å². The van der Waals surface area contributed by atoms with Gasteiger partial charge in [-0.1, -0.05) is 63.2 Å². The van der Waals surface area contributed by atoms with Crippen LogP contribution < -0.4 is 5.43 Å². The summed E-state index contributed by atoms with van der Waals surface area (Å²) in [5, 5.41) is 17.1. The van der Waals surface area contributed by atoms with Crippen molar-refractivity contribution in [2.24, 2.45) is 16.4 Å². The van der Waals surface area contributed by atoms with E-state index in [0.717, 1.165) is 42.5 Å². The summed E-state index contributed by atoms with van der Waals surface area (Å²) in [5.41, 5.74) is 6.64. The normalized spacial score (nSPS) is 16.6. The smallest absolute Gasteiger partial charge is 0.267 e. The van der Waals surface area contributed by atoms with Crippen LogP contribution in [0.5, 0.6) is 0 Å².